The highest BCUT2D eigenvalue weighted by atomic mass is 79.9. The summed E-state index contributed by atoms with van der Waals surface area (Å²) in [6.07, 6.45) is 0. The molecule has 0 saturated carbocycles. The molecule has 0 atom stereocenters. The number of nitriles is 2. The van der Waals surface area contributed by atoms with E-state index in [-0.39, 0.29) is 5.56 Å². The molecule has 0 saturated heterocycles. The normalized spacial score (nSPS) is 9.60. The van der Waals surface area contributed by atoms with Gasteiger partial charge in [-0.25, -0.2) is 4.39 Å². The first-order chi connectivity index (χ1) is 9.62. The molecule has 1 N–H and O–H groups in total. The van der Waals surface area contributed by atoms with E-state index in [0.717, 1.165) is 4.47 Å². The van der Waals surface area contributed by atoms with Crippen LogP contribution >= 0.6 is 15.9 Å². The topological polar surface area (TPSA) is 59.6 Å². The van der Waals surface area contributed by atoms with Crippen LogP contribution in [0.4, 0.5) is 10.1 Å². The summed E-state index contributed by atoms with van der Waals surface area (Å²) in [7, 11) is 0. The van der Waals surface area contributed by atoms with E-state index in [1.807, 2.05) is 6.07 Å². The Morgan fingerprint density at radius 2 is 1.90 bits per heavy atom. The molecule has 2 aromatic carbocycles. The van der Waals surface area contributed by atoms with Gasteiger partial charge in [-0.05, 0) is 42.0 Å². The number of hydrogen-bond donors (Lipinski definition) is 1. The maximum absolute atomic E-state index is 13.3. The van der Waals surface area contributed by atoms with E-state index in [2.05, 4.69) is 27.3 Å². The summed E-state index contributed by atoms with van der Waals surface area (Å²) in [6, 6.07) is 13.4. The van der Waals surface area contributed by atoms with Gasteiger partial charge in [-0.2, -0.15) is 10.5 Å². The SMILES string of the molecule is N#Cc1cc(F)cc(CNc2cc(Br)ccc2C#N)c1. The molecular formula is C15H9BrFN3. The Bertz CT molecular complexity index is 729. The van der Waals surface area contributed by atoms with Crippen LogP contribution in [-0.2, 0) is 6.54 Å². The summed E-state index contributed by atoms with van der Waals surface area (Å²) in [4.78, 5) is 0. The number of halogens is 2. The second-order valence-electron chi connectivity index (χ2n) is 4.12. The highest BCUT2D eigenvalue weighted by Gasteiger charge is 2.04. The van der Waals surface area contributed by atoms with Crippen molar-refractivity contribution in [1.82, 2.24) is 0 Å². The zero-order valence-electron chi connectivity index (χ0n) is 10.3. The third-order valence-corrected chi connectivity index (χ3v) is 3.16. The Hall–Kier alpha value is -2.37. The van der Waals surface area contributed by atoms with Crippen molar-refractivity contribution in [2.75, 3.05) is 5.32 Å². The van der Waals surface area contributed by atoms with Crippen molar-refractivity contribution in [2.24, 2.45) is 0 Å². The van der Waals surface area contributed by atoms with E-state index < -0.39 is 5.82 Å². The molecule has 0 aliphatic heterocycles. The van der Waals surface area contributed by atoms with Gasteiger partial charge < -0.3 is 5.32 Å². The fraction of sp³-hybridized carbons (Fsp3) is 0.0667. The third-order valence-electron chi connectivity index (χ3n) is 2.67. The lowest BCUT2D eigenvalue weighted by Gasteiger charge is -2.09. The predicted molar refractivity (Wildman–Crippen MR) is 77.3 cm³/mol. The van der Waals surface area contributed by atoms with E-state index in [4.69, 9.17) is 10.5 Å². The summed E-state index contributed by atoms with van der Waals surface area (Å²) in [5, 5.41) is 20.9. The van der Waals surface area contributed by atoms with Gasteiger partial charge >= 0.3 is 0 Å². The second kappa shape index (κ2) is 6.18. The van der Waals surface area contributed by atoms with E-state index in [0.29, 0.717) is 23.4 Å². The molecule has 2 rings (SSSR count). The van der Waals surface area contributed by atoms with E-state index in [1.165, 1.54) is 12.1 Å². The van der Waals surface area contributed by atoms with Crippen LogP contribution in [-0.4, -0.2) is 0 Å². The van der Waals surface area contributed by atoms with Crippen LogP contribution in [0, 0.1) is 28.5 Å². The lowest BCUT2D eigenvalue weighted by atomic mass is 10.1. The maximum atomic E-state index is 13.3. The summed E-state index contributed by atoms with van der Waals surface area (Å²) < 4.78 is 14.2. The van der Waals surface area contributed by atoms with Crippen LogP contribution in [0.2, 0.25) is 0 Å². The van der Waals surface area contributed by atoms with Gasteiger partial charge in [-0.3, -0.25) is 0 Å². The van der Waals surface area contributed by atoms with Gasteiger partial charge in [-0.1, -0.05) is 15.9 Å². The summed E-state index contributed by atoms with van der Waals surface area (Å²) in [5.74, 6) is -0.449. The molecule has 0 radical (unpaired) electrons. The summed E-state index contributed by atoms with van der Waals surface area (Å²) in [5.41, 5.74) is 2.08. The van der Waals surface area contributed by atoms with Crippen LogP contribution in [0.25, 0.3) is 0 Å². The van der Waals surface area contributed by atoms with E-state index in [1.54, 1.807) is 24.3 Å². The summed E-state index contributed by atoms with van der Waals surface area (Å²) >= 11 is 3.33. The van der Waals surface area contributed by atoms with Crippen LogP contribution in [0.3, 0.4) is 0 Å². The monoisotopic (exact) mass is 329 g/mol. The predicted octanol–water partition coefficient (Wildman–Crippen LogP) is 3.94. The van der Waals surface area contributed by atoms with Crippen molar-refractivity contribution in [3.05, 3.63) is 63.4 Å². The number of hydrogen-bond acceptors (Lipinski definition) is 3. The first-order valence-electron chi connectivity index (χ1n) is 5.75. The average molecular weight is 330 g/mol. The van der Waals surface area contributed by atoms with Crippen molar-refractivity contribution in [3.63, 3.8) is 0 Å². The smallest absolute Gasteiger partial charge is 0.124 e. The molecule has 0 amide bonds. The van der Waals surface area contributed by atoms with Crippen LogP contribution in [0.15, 0.2) is 40.9 Å². The lowest BCUT2D eigenvalue weighted by molar-refractivity contribution is 0.625. The molecule has 0 bridgehead atoms. The van der Waals surface area contributed by atoms with Gasteiger partial charge in [0.1, 0.15) is 11.9 Å². The third kappa shape index (κ3) is 3.34. The average Bonchev–Trinajstić information content (AvgIpc) is 2.44. The Balaban J connectivity index is 2.21. The molecule has 20 heavy (non-hydrogen) atoms. The van der Waals surface area contributed by atoms with Crippen LogP contribution in [0.1, 0.15) is 16.7 Å². The lowest BCUT2D eigenvalue weighted by Crippen LogP contribution is -2.02. The Morgan fingerprint density at radius 3 is 2.60 bits per heavy atom. The molecule has 0 aliphatic rings. The number of benzene rings is 2. The quantitative estimate of drug-likeness (QED) is 0.927. The van der Waals surface area contributed by atoms with Crippen molar-refractivity contribution in [1.29, 1.82) is 10.5 Å². The number of rotatable bonds is 3. The van der Waals surface area contributed by atoms with Gasteiger partial charge in [0.15, 0.2) is 0 Å². The zero-order chi connectivity index (χ0) is 14.5. The van der Waals surface area contributed by atoms with E-state index >= 15 is 0 Å². The minimum Gasteiger partial charge on any atom is -0.380 e. The molecule has 5 heteroatoms. The number of nitrogens with zero attached hydrogens (tertiary/aromatic N) is 2. The molecule has 0 aromatic heterocycles. The fourth-order valence-corrected chi connectivity index (χ4v) is 2.14. The standard InChI is InChI=1S/C15H9BrFN3/c16-13-2-1-12(8-19)15(6-13)20-9-11-3-10(7-18)4-14(17)5-11/h1-6,20H,9H2. The highest BCUT2D eigenvalue weighted by Crippen LogP contribution is 2.21. The second-order valence-corrected chi connectivity index (χ2v) is 5.03. The minimum absolute atomic E-state index is 0.275. The molecule has 0 unspecified atom stereocenters. The molecule has 98 valence electrons. The van der Waals surface area contributed by atoms with Gasteiger partial charge in [0, 0.05) is 11.0 Å². The van der Waals surface area contributed by atoms with Crippen LogP contribution < -0.4 is 5.32 Å². The van der Waals surface area contributed by atoms with Crippen LogP contribution in [0.5, 0.6) is 0 Å². The molecular weight excluding hydrogens is 321 g/mol. The van der Waals surface area contributed by atoms with Crippen molar-refractivity contribution >= 4 is 21.6 Å². The number of nitrogens with one attached hydrogen (secondary N) is 1. The highest BCUT2D eigenvalue weighted by molar-refractivity contribution is 9.10. The van der Waals surface area contributed by atoms with Gasteiger partial charge in [0.05, 0.1) is 22.9 Å². The molecule has 0 aliphatic carbocycles. The summed E-state index contributed by atoms with van der Waals surface area (Å²) in [6.45, 7) is 0.331. The van der Waals surface area contributed by atoms with Crippen molar-refractivity contribution in [3.8, 4) is 12.1 Å². The minimum atomic E-state index is -0.449. The zero-order valence-corrected chi connectivity index (χ0v) is 11.9. The Kier molecular flexibility index (Phi) is 4.34. The molecule has 0 spiro atoms. The molecule has 0 heterocycles. The van der Waals surface area contributed by atoms with Crippen molar-refractivity contribution in [2.45, 2.75) is 6.54 Å². The first kappa shape index (κ1) is 14.0. The Morgan fingerprint density at radius 1 is 1.10 bits per heavy atom. The first-order valence-corrected chi connectivity index (χ1v) is 6.55. The molecule has 3 nitrogen and oxygen atoms in total. The maximum Gasteiger partial charge on any atom is 0.124 e. The molecule has 2 aromatic rings. The van der Waals surface area contributed by atoms with Crippen molar-refractivity contribution < 1.29 is 4.39 Å². The largest absolute Gasteiger partial charge is 0.380 e. The van der Waals surface area contributed by atoms with Gasteiger partial charge in [-0.15, -0.1) is 0 Å². The number of anilines is 1. The van der Waals surface area contributed by atoms with Gasteiger partial charge in [0.2, 0.25) is 0 Å². The van der Waals surface area contributed by atoms with E-state index in [9.17, 15) is 4.39 Å². The Labute approximate surface area is 124 Å². The molecule has 0 fully saturated rings. The fourth-order valence-electron chi connectivity index (χ4n) is 1.77. The van der Waals surface area contributed by atoms with Gasteiger partial charge in [0.25, 0.3) is 0 Å².